The number of furan rings is 1. The zero-order valence-electron chi connectivity index (χ0n) is 12.6. The third-order valence-corrected chi connectivity index (χ3v) is 3.17. The van der Waals surface area contributed by atoms with Gasteiger partial charge < -0.3 is 24.9 Å². The largest absolute Gasteiger partial charge is 0.497 e. The monoisotopic (exact) mass is 318 g/mol. The summed E-state index contributed by atoms with van der Waals surface area (Å²) in [5.74, 6) is -0.977. The van der Waals surface area contributed by atoms with Gasteiger partial charge in [0.05, 0.1) is 25.7 Å². The number of hydrogen-bond acceptors (Lipinski definition) is 5. The number of hydrogen-bond donors (Lipinski definition) is 3. The molecule has 0 aliphatic carbocycles. The van der Waals surface area contributed by atoms with Crippen molar-refractivity contribution in [3.8, 4) is 5.75 Å². The first-order chi connectivity index (χ1) is 11.1. The van der Waals surface area contributed by atoms with Crippen molar-refractivity contribution in [2.75, 3.05) is 19.0 Å². The molecule has 0 aliphatic rings. The van der Waals surface area contributed by atoms with Crippen LogP contribution in [0.1, 0.15) is 18.1 Å². The van der Waals surface area contributed by atoms with Crippen LogP contribution in [0.3, 0.4) is 0 Å². The number of ether oxygens (including phenoxy) is 1. The van der Waals surface area contributed by atoms with Crippen molar-refractivity contribution in [2.24, 2.45) is 0 Å². The number of methoxy groups -OCH3 is 1. The molecule has 3 N–H and O–H groups in total. The Hall–Kier alpha value is -2.80. The molecule has 2 aromatic rings. The number of carbonyl (C=O) groups is 2. The van der Waals surface area contributed by atoms with Crippen molar-refractivity contribution in [1.29, 1.82) is 0 Å². The zero-order chi connectivity index (χ0) is 16.7. The summed E-state index contributed by atoms with van der Waals surface area (Å²) in [5.41, 5.74) is 1.09. The minimum atomic E-state index is -0.781. The lowest BCUT2D eigenvalue weighted by atomic mass is 10.1. The van der Waals surface area contributed by atoms with Gasteiger partial charge in [0.2, 0.25) is 0 Å². The zero-order valence-corrected chi connectivity index (χ0v) is 12.6. The highest BCUT2D eigenvalue weighted by Gasteiger charge is 2.15. The fraction of sp³-hybridized carbons (Fsp3) is 0.250. The Morgan fingerprint density at radius 2 is 2.13 bits per heavy atom. The second-order valence-corrected chi connectivity index (χ2v) is 4.80. The van der Waals surface area contributed by atoms with Gasteiger partial charge in [-0.1, -0.05) is 6.07 Å². The van der Waals surface area contributed by atoms with Crippen LogP contribution in [0.5, 0.6) is 5.75 Å². The van der Waals surface area contributed by atoms with Gasteiger partial charge in [-0.05, 0) is 24.6 Å². The first-order valence-corrected chi connectivity index (χ1v) is 7.03. The third-order valence-electron chi connectivity index (χ3n) is 3.17. The predicted molar refractivity (Wildman–Crippen MR) is 82.9 cm³/mol. The summed E-state index contributed by atoms with van der Waals surface area (Å²) in [7, 11) is 1.51. The van der Waals surface area contributed by atoms with E-state index in [2.05, 4.69) is 10.6 Å². The van der Waals surface area contributed by atoms with Crippen LogP contribution in [-0.4, -0.2) is 30.6 Å². The van der Waals surface area contributed by atoms with E-state index >= 15 is 0 Å². The molecule has 122 valence electrons. The van der Waals surface area contributed by atoms with Crippen LogP contribution in [0.2, 0.25) is 0 Å². The summed E-state index contributed by atoms with van der Waals surface area (Å²) in [6.07, 6.45) is 2.41. The molecule has 1 atom stereocenters. The van der Waals surface area contributed by atoms with E-state index < -0.39 is 17.9 Å². The highest BCUT2D eigenvalue weighted by Crippen LogP contribution is 2.17. The Balaban J connectivity index is 1.77. The Kier molecular flexibility index (Phi) is 5.76. The number of anilines is 1. The fourth-order valence-electron chi connectivity index (χ4n) is 1.92. The van der Waals surface area contributed by atoms with Crippen LogP contribution in [0.25, 0.3) is 0 Å². The van der Waals surface area contributed by atoms with Gasteiger partial charge in [0.1, 0.15) is 5.75 Å². The van der Waals surface area contributed by atoms with Gasteiger partial charge in [-0.3, -0.25) is 9.59 Å². The molecule has 1 aromatic carbocycles. The first-order valence-electron chi connectivity index (χ1n) is 7.03. The molecule has 1 unspecified atom stereocenters. The molecule has 23 heavy (non-hydrogen) atoms. The minimum absolute atomic E-state index is 0.163. The molecular weight excluding hydrogens is 300 g/mol. The normalized spacial score (nSPS) is 11.6. The van der Waals surface area contributed by atoms with E-state index in [-0.39, 0.29) is 13.0 Å². The van der Waals surface area contributed by atoms with Crippen LogP contribution in [-0.2, 0) is 9.59 Å². The molecule has 7 heteroatoms. The van der Waals surface area contributed by atoms with Gasteiger partial charge in [0, 0.05) is 23.9 Å². The molecule has 7 nitrogen and oxygen atoms in total. The standard InChI is InChI=1S/C16H18N2O5/c1-22-13-4-2-3-12(9-13)18-16(21)15(20)17-7-5-14(19)11-6-8-23-10-11/h2-4,6,8-10,14,19H,5,7H2,1H3,(H,17,20)(H,18,21). The van der Waals surface area contributed by atoms with Crippen LogP contribution in [0.4, 0.5) is 5.69 Å². The quantitative estimate of drug-likeness (QED) is 0.700. The lowest BCUT2D eigenvalue weighted by Crippen LogP contribution is -2.36. The highest BCUT2D eigenvalue weighted by molar-refractivity contribution is 6.39. The number of aliphatic hydroxyl groups is 1. The average molecular weight is 318 g/mol. The van der Waals surface area contributed by atoms with E-state index in [1.807, 2.05) is 0 Å². The maximum Gasteiger partial charge on any atom is 0.313 e. The molecule has 0 saturated carbocycles. The summed E-state index contributed by atoms with van der Waals surface area (Å²) < 4.78 is 9.90. The Morgan fingerprint density at radius 3 is 2.83 bits per heavy atom. The molecular formula is C16H18N2O5. The van der Waals surface area contributed by atoms with Crippen molar-refractivity contribution < 1.29 is 23.8 Å². The molecule has 0 saturated heterocycles. The number of aliphatic hydroxyl groups excluding tert-OH is 1. The lowest BCUT2D eigenvalue weighted by molar-refractivity contribution is -0.136. The van der Waals surface area contributed by atoms with Gasteiger partial charge in [-0.15, -0.1) is 0 Å². The van der Waals surface area contributed by atoms with E-state index in [9.17, 15) is 14.7 Å². The minimum Gasteiger partial charge on any atom is -0.497 e. The lowest BCUT2D eigenvalue weighted by Gasteiger charge is -2.10. The molecule has 1 heterocycles. The molecule has 1 aromatic heterocycles. The second kappa shape index (κ2) is 8.00. The molecule has 0 bridgehead atoms. The highest BCUT2D eigenvalue weighted by atomic mass is 16.5. The number of amides is 2. The third kappa shape index (κ3) is 4.86. The van der Waals surface area contributed by atoms with Gasteiger partial charge >= 0.3 is 11.8 Å². The Labute approximate surface area is 133 Å². The summed E-state index contributed by atoms with van der Waals surface area (Å²) in [4.78, 5) is 23.5. The average Bonchev–Trinajstić information content (AvgIpc) is 3.09. The second-order valence-electron chi connectivity index (χ2n) is 4.80. The first kappa shape index (κ1) is 16.6. The number of nitrogens with one attached hydrogen (secondary N) is 2. The van der Waals surface area contributed by atoms with Crippen LogP contribution in [0.15, 0.2) is 47.3 Å². The molecule has 2 amide bonds. The smallest absolute Gasteiger partial charge is 0.313 e. The topological polar surface area (TPSA) is 101 Å². The van der Waals surface area contributed by atoms with Crippen LogP contribution in [0, 0.1) is 0 Å². The summed E-state index contributed by atoms with van der Waals surface area (Å²) in [5, 5.41) is 14.8. The van der Waals surface area contributed by atoms with Crippen molar-refractivity contribution in [1.82, 2.24) is 5.32 Å². The van der Waals surface area contributed by atoms with Crippen LogP contribution >= 0.6 is 0 Å². The van der Waals surface area contributed by atoms with Gasteiger partial charge in [0.15, 0.2) is 0 Å². The van der Waals surface area contributed by atoms with Crippen molar-refractivity contribution in [2.45, 2.75) is 12.5 Å². The molecule has 0 aliphatic heterocycles. The summed E-state index contributed by atoms with van der Waals surface area (Å²) in [6, 6.07) is 8.33. The van der Waals surface area contributed by atoms with Crippen molar-refractivity contribution >= 4 is 17.5 Å². The Morgan fingerprint density at radius 1 is 1.30 bits per heavy atom. The number of carbonyl (C=O) groups excluding carboxylic acids is 2. The fourth-order valence-corrected chi connectivity index (χ4v) is 1.92. The van der Waals surface area contributed by atoms with Crippen LogP contribution < -0.4 is 15.4 Å². The van der Waals surface area contributed by atoms with Crippen molar-refractivity contribution in [3.63, 3.8) is 0 Å². The number of rotatable bonds is 6. The van der Waals surface area contributed by atoms with E-state index in [1.54, 1.807) is 30.3 Å². The maximum absolute atomic E-state index is 11.8. The Bertz CT molecular complexity index is 654. The SMILES string of the molecule is COc1cccc(NC(=O)C(=O)NCCC(O)c2ccoc2)c1. The van der Waals surface area contributed by atoms with E-state index in [1.165, 1.54) is 19.6 Å². The maximum atomic E-state index is 11.8. The van der Waals surface area contributed by atoms with Gasteiger partial charge in [0.25, 0.3) is 0 Å². The van der Waals surface area contributed by atoms with Gasteiger partial charge in [-0.25, -0.2) is 0 Å². The summed E-state index contributed by atoms with van der Waals surface area (Å²) >= 11 is 0. The summed E-state index contributed by atoms with van der Waals surface area (Å²) in [6.45, 7) is 0.163. The predicted octanol–water partition coefficient (Wildman–Crippen LogP) is 1.47. The van der Waals surface area contributed by atoms with Crippen molar-refractivity contribution in [3.05, 3.63) is 48.4 Å². The molecule has 0 radical (unpaired) electrons. The van der Waals surface area contributed by atoms with Gasteiger partial charge in [-0.2, -0.15) is 0 Å². The van der Waals surface area contributed by atoms with E-state index in [4.69, 9.17) is 9.15 Å². The number of benzene rings is 1. The molecule has 0 spiro atoms. The van der Waals surface area contributed by atoms with E-state index in [0.29, 0.717) is 17.0 Å². The molecule has 2 rings (SSSR count). The molecule has 0 fully saturated rings. The van der Waals surface area contributed by atoms with E-state index in [0.717, 1.165) is 0 Å².